The number of pyridine rings is 1. The number of halogens is 1. The molecule has 0 N–H and O–H groups in total. The molecule has 0 unspecified atom stereocenters. The first-order valence-corrected chi connectivity index (χ1v) is 8.09. The zero-order valence-corrected chi connectivity index (χ0v) is 13.2. The van der Waals surface area contributed by atoms with Crippen molar-refractivity contribution in [1.82, 2.24) is 4.98 Å². The molecule has 3 aromatic carbocycles. The highest BCUT2D eigenvalue weighted by Crippen LogP contribution is 2.38. The molecule has 0 fully saturated rings. The molecule has 0 saturated carbocycles. The summed E-state index contributed by atoms with van der Waals surface area (Å²) in [6, 6.07) is 18.1. The lowest BCUT2D eigenvalue weighted by Gasteiger charge is -2.18. The summed E-state index contributed by atoms with van der Waals surface area (Å²) in [5.74, 6) is -0.377. The Morgan fingerprint density at radius 1 is 0.960 bits per heavy atom. The number of nitrogens with zero attached hydrogens (tertiary/aromatic N) is 2. The molecule has 4 heteroatoms. The molecule has 1 aliphatic heterocycles. The molecule has 0 atom stereocenters. The van der Waals surface area contributed by atoms with E-state index in [1.165, 1.54) is 12.1 Å². The molecule has 25 heavy (non-hydrogen) atoms. The number of hydrogen-bond acceptors (Lipinski definition) is 2. The molecule has 2 heterocycles. The fourth-order valence-electron chi connectivity index (χ4n) is 3.65. The average molecular weight is 328 g/mol. The predicted octanol–water partition coefficient (Wildman–Crippen LogP) is 4.69. The summed E-state index contributed by atoms with van der Waals surface area (Å²) in [7, 11) is 0. The van der Waals surface area contributed by atoms with Crippen molar-refractivity contribution < 1.29 is 9.18 Å². The minimum atomic E-state index is -0.321. The molecular formula is C21H13FN2O. The molecule has 5 rings (SSSR count). The molecule has 1 aromatic heterocycles. The van der Waals surface area contributed by atoms with Gasteiger partial charge in [-0.25, -0.2) is 4.39 Å². The highest BCUT2D eigenvalue weighted by atomic mass is 19.1. The fraction of sp³-hybridized carbons (Fsp3) is 0.0476. The molecule has 120 valence electrons. The number of carbonyl (C=O) groups excluding carboxylic acids is 1. The number of anilines is 1. The third-order valence-electron chi connectivity index (χ3n) is 4.73. The van der Waals surface area contributed by atoms with Crippen molar-refractivity contribution in [2.75, 3.05) is 4.90 Å². The molecule has 0 bridgehead atoms. The van der Waals surface area contributed by atoms with Crippen LogP contribution in [0, 0.1) is 5.82 Å². The maximum absolute atomic E-state index is 14.0. The van der Waals surface area contributed by atoms with E-state index >= 15 is 0 Å². The van der Waals surface area contributed by atoms with Gasteiger partial charge in [0.2, 0.25) is 0 Å². The Kier molecular flexibility index (Phi) is 2.88. The van der Waals surface area contributed by atoms with E-state index in [1.807, 2.05) is 42.5 Å². The largest absolute Gasteiger partial charge is 0.303 e. The highest BCUT2D eigenvalue weighted by molar-refractivity contribution is 6.25. The lowest BCUT2D eigenvalue weighted by molar-refractivity contribution is 0.0991. The van der Waals surface area contributed by atoms with Gasteiger partial charge in [-0.2, -0.15) is 0 Å². The van der Waals surface area contributed by atoms with Crippen molar-refractivity contribution in [3.05, 3.63) is 83.8 Å². The maximum atomic E-state index is 14.0. The highest BCUT2D eigenvalue weighted by Gasteiger charge is 2.30. The number of rotatable bonds is 2. The number of benzene rings is 3. The van der Waals surface area contributed by atoms with Gasteiger partial charge in [-0.1, -0.05) is 30.3 Å². The van der Waals surface area contributed by atoms with Gasteiger partial charge in [-0.15, -0.1) is 0 Å². The second kappa shape index (κ2) is 5.11. The van der Waals surface area contributed by atoms with Crippen LogP contribution in [0.3, 0.4) is 0 Å². The summed E-state index contributed by atoms with van der Waals surface area (Å²) >= 11 is 0. The zero-order valence-electron chi connectivity index (χ0n) is 13.2. The second-order valence-corrected chi connectivity index (χ2v) is 6.21. The second-order valence-electron chi connectivity index (χ2n) is 6.21. The Morgan fingerprint density at radius 2 is 1.76 bits per heavy atom. The van der Waals surface area contributed by atoms with Crippen LogP contribution >= 0.6 is 0 Å². The van der Waals surface area contributed by atoms with Crippen molar-refractivity contribution in [3.63, 3.8) is 0 Å². The first-order valence-electron chi connectivity index (χ1n) is 8.09. The van der Waals surface area contributed by atoms with E-state index in [0.717, 1.165) is 27.4 Å². The molecule has 3 nitrogen and oxygen atoms in total. The normalized spacial score (nSPS) is 13.2. The van der Waals surface area contributed by atoms with Crippen molar-refractivity contribution in [3.8, 4) is 0 Å². The van der Waals surface area contributed by atoms with Crippen LogP contribution < -0.4 is 4.90 Å². The number of fused-ring (bicyclic) bond motifs is 1. The molecule has 1 aliphatic rings. The molecule has 0 radical (unpaired) electrons. The van der Waals surface area contributed by atoms with Crippen LogP contribution in [0.15, 0.2) is 66.9 Å². The van der Waals surface area contributed by atoms with E-state index in [-0.39, 0.29) is 18.3 Å². The lowest BCUT2D eigenvalue weighted by atomic mass is 10.1. The molecule has 4 aromatic rings. The molecule has 0 spiro atoms. The van der Waals surface area contributed by atoms with Gasteiger partial charge in [-0.3, -0.25) is 9.78 Å². The molecule has 1 amide bonds. The van der Waals surface area contributed by atoms with Gasteiger partial charge in [0, 0.05) is 28.1 Å². The van der Waals surface area contributed by atoms with Gasteiger partial charge >= 0.3 is 0 Å². The summed E-state index contributed by atoms with van der Waals surface area (Å²) in [5, 5.41) is 2.73. The molecular weight excluding hydrogens is 315 g/mol. The topological polar surface area (TPSA) is 33.2 Å². The van der Waals surface area contributed by atoms with Crippen LogP contribution in [0.5, 0.6) is 0 Å². The van der Waals surface area contributed by atoms with Crippen molar-refractivity contribution in [2.24, 2.45) is 0 Å². The van der Waals surface area contributed by atoms with Crippen molar-refractivity contribution in [2.45, 2.75) is 6.54 Å². The zero-order chi connectivity index (χ0) is 17.0. The van der Waals surface area contributed by atoms with Gasteiger partial charge in [0.1, 0.15) is 5.82 Å². The number of hydrogen-bond donors (Lipinski definition) is 0. The minimum Gasteiger partial charge on any atom is -0.303 e. The standard InChI is InChI=1S/C21H13FN2O/c22-16-10-14-6-3-9-23-20(14)15(11-16)12-24-18-8-2-5-13-4-1-7-17(19(13)18)21(24)25/h1-11H,12H2. The third kappa shape index (κ3) is 2.04. The van der Waals surface area contributed by atoms with Crippen molar-refractivity contribution >= 4 is 33.3 Å². The summed E-state index contributed by atoms with van der Waals surface area (Å²) < 4.78 is 14.0. The Balaban J connectivity index is 1.68. The van der Waals surface area contributed by atoms with E-state index in [1.54, 1.807) is 17.2 Å². The quantitative estimate of drug-likeness (QED) is 0.535. The van der Waals surface area contributed by atoms with E-state index in [4.69, 9.17) is 0 Å². The fourth-order valence-corrected chi connectivity index (χ4v) is 3.65. The van der Waals surface area contributed by atoms with Crippen LogP contribution in [0.4, 0.5) is 10.1 Å². The maximum Gasteiger partial charge on any atom is 0.259 e. The Hall–Kier alpha value is -3.27. The Labute approximate surface area is 143 Å². The van der Waals surface area contributed by atoms with E-state index in [0.29, 0.717) is 11.1 Å². The number of carbonyl (C=O) groups is 1. The predicted molar refractivity (Wildman–Crippen MR) is 96.2 cm³/mol. The SMILES string of the molecule is O=C1c2cccc3cccc(c23)N1Cc1cc(F)cc2cccnc12. The number of amides is 1. The monoisotopic (exact) mass is 328 g/mol. The Bertz CT molecular complexity index is 1160. The van der Waals surface area contributed by atoms with Crippen LogP contribution in [-0.2, 0) is 6.54 Å². The smallest absolute Gasteiger partial charge is 0.259 e. The Morgan fingerprint density at radius 3 is 2.64 bits per heavy atom. The summed E-state index contributed by atoms with van der Waals surface area (Å²) in [6.07, 6.45) is 1.69. The number of aromatic nitrogens is 1. The molecule has 0 aliphatic carbocycles. The first-order chi connectivity index (χ1) is 12.2. The van der Waals surface area contributed by atoms with E-state index < -0.39 is 0 Å². The summed E-state index contributed by atoms with van der Waals surface area (Å²) in [5.41, 5.74) is 2.99. The summed E-state index contributed by atoms with van der Waals surface area (Å²) in [4.78, 5) is 19.0. The minimum absolute atomic E-state index is 0.0554. The van der Waals surface area contributed by atoms with Gasteiger partial charge < -0.3 is 4.90 Å². The van der Waals surface area contributed by atoms with Crippen LogP contribution in [0.2, 0.25) is 0 Å². The van der Waals surface area contributed by atoms with Gasteiger partial charge in [-0.05, 0) is 35.7 Å². The van der Waals surface area contributed by atoms with Crippen LogP contribution in [0.25, 0.3) is 21.7 Å². The van der Waals surface area contributed by atoms with Gasteiger partial charge in [0.15, 0.2) is 0 Å². The van der Waals surface area contributed by atoms with Gasteiger partial charge in [0.05, 0.1) is 17.7 Å². The molecule has 0 saturated heterocycles. The average Bonchev–Trinajstić information content (AvgIpc) is 2.90. The van der Waals surface area contributed by atoms with Crippen LogP contribution in [-0.4, -0.2) is 10.9 Å². The first kappa shape index (κ1) is 14.1. The summed E-state index contributed by atoms with van der Waals surface area (Å²) in [6.45, 7) is 0.290. The van der Waals surface area contributed by atoms with Crippen molar-refractivity contribution in [1.29, 1.82) is 0 Å². The van der Waals surface area contributed by atoms with Gasteiger partial charge in [0.25, 0.3) is 5.91 Å². The van der Waals surface area contributed by atoms with Crippen LogP contribution in [0.1, 0.15) is 15.9 Å². The lowest BCUT2D eigenvalue weighted by Crippen LogP contribution is -2.26. The third-order valence-corrected chi connectivity index (χ3v) is 4.73. The van der Waals surface area contributed by atoms with E-state index in [2.05, 4.69) is 4.98 Å². The van der Waals surface area contributed by atoms with E-state index in [9.17, 15) is 9.18 Å².